The number of hydrogen-bond donors (Lipinski definition) is 2. The van der Waals surface area contributed by atoms with Crippen molar-refractivity contribution in [2.24, 2.45) is 0 Å². The lowest BCUT2D eigenvalue weighted by atomic mass is 10.2. The highest BCUT2D eigenvalue weighted by Crippen LogP contribution is 2.10. The molecule has 0 aromatic carbocycles. The molecular formula is C13H11N3O4. The minimum absolute atomic E-state index is 0.187. The first-order valence-corrected chi connectivity index (χ1v) is 5.66. The highest BCUT2D eigenvalue weighted by Gasteiger charge is 2.10. The lowest BCUT2D eigenvalue weighted by Crippen LogP contribution is -2.13. The minimum atomic E-state index is -1.05. The number of carbonyl (C=O) groups is 2. The van der Waals surface area contributed by atoms with Crippen molar-refractivity contribution in [2.45, 2.75) is 6.92 Å². The molecule has 0 radical (unpaired) electrons. The van der Waals surface area contributed by atoms with Crippen LogP contribution in [0.1, 0.15) is 21.7 Å². The van der Waals surface area contributed by atoms with Crippen LogP contribution in [0, 0.1) is 6.92 Å². The van der Waals surface area contributed by atoms with Crippen molar-refractivity contribution in [3.05, 3.63) is 47.4 Å². The maximum Gasteiger partial charge on any atom is 0.328 e. The summed E-state index contributed by atoms with van der Waals surface area (Å²) in [6.45, 7) is 1.74. The number of carboxylic acid groups (broad SMARTS) is 1. The van der Waals surface area contributed by atoms with Crippen LogP contribution >= 0.6 is 0 Å². The quantitative estimate of drug-likeness (QED) is 0.822. The second-order valence-electron chi connectivity index (χ2n) is 3.94. The van der Waals surface area contributed by atoms with Gasteiger partial charge in [-0.2, -0.15) is 0 Å². The van der Waals surface area contributed by atoms with Crippen molar-refractivity contribution >= 4 is 23.8 Å². The van der Waals surface area contributed by atoms with Gasteiger partial charge in [-0.3, -0.25) is 15.1 Å². The average Bonchev–Trinajstić information content (AvgIpc) is 2.82. The van der Waals surface area contributed by atoms with Crippen LogP contribution in [0.2, 0.25) is 0 Å². The van der Waals surface area contributed by atoms with Crippen molar-refractivity contribution in [1.82, 2.24) is 10.1 Å². The van der Waals surface area contributed by atoms with E-state index >= 15 is 0 Å². The van der Waals surface area contributed by atoms with Crippen LogP contribution in [0.5, 0.6) is 0 Å². The highest BCUT2D eigenvalue weighted by molar-refractivity contribution is 6.02. The van der Waals surface area contributed by atoms with Gasteiger partial charge in [-0.05, 0) is 24.6 Å². The summed E-state index contributed by atoms with van der Waals surface area (Å²) < 4.78 is 4.86. The Balaban J connectivity index is 2.05. The Hall–Kier alpha value is -2.96. The summed E-state index contributed by atoms with van der Waals surface area (Å²) in [6.07, 6.45) is 3.78. The molecule has 0 saturated heterocycles. The summed E-state index contributed by atoms with van der Waals surface area (Å²) in [7, 11) is 0. The van der Waals surface area contributed by atoms with E-state index in [0.29, 0.717) is 11.3 Å². The van der Waals surface area contributed by atoms with Gasteiger partial charge < -0.3 is 9.63 Å². The molecule has 1 amide bonds. The molecule has 2 aromatic rings. The molecule has 20 heavy (non-hydrogen) atoms. The third-order valence-electron chi connectivity index (χ3n) is 2.30. The first-order valence-electron chi connectivity index (χ1n) is 5.66. The number of nitrogens with one attached hydrogen (secondary N) is 1. The van der Waals surface area contributed by atoms with E-state index < -0.39 is 11.9 Å². The molecule has 2 rings (SSSR count). The monoisotopic (exact) mass is 273 g/mol. The van der Waals surface area contributed by atoms with E-state index in [4.69, 9.17) is 9.63 Å². The largest absolute Gasteiger partial charge is 0.478 e. The van der Waals surface area contributed by atoms with E-state index in [-0.39, 0.29) is 11.6 Å². The Kier molecular flexibility index (Phi) is 3.90. The van der Waals surface area contributed by atoms with E-state index in [1.165, 1.54) is 18.3 Å². The van der Waals surface area contributed by atoms with E-state index in [2.05, 4.69) is 15.5 Å². The molecule has 7 heteroatoms. The number of aromatic nitrogens is 2. The molecule has 0 aliphatic rings. The number of amides is 1. The van der Waals surface area contributed by atoms with Crippen LogP contribution in [-0.4, -0.2) is 27.1 Å². The highest BCUT2D eigenvalue weighted by atomic mass is 16.5. The number of pyridine rings is 1. The first kappa shape index (κ1) is 13.5. The number of aliphatic carboxylic acids is 1. The van der Waals surface area contributed by atoms with Crippen molar-refractivity contribution in [1.29, 1.82) is 0 Å². The predicted octanol–water partition coefficient (Wildman–Crippen LogP) is 1.73. The van der Waals surface area contributed by atoms with E-state index in [0.717, 1.165) is 6.08 Å². The SMILES string of the molecule is Cc1cc(NC(=O)c2ccc(C=CC(=O)O)cn2)on1. The van der Waals surface area contributed by atoms with Gasteiger partial charge in [0.05, 0.1) is 5.69 Å². The summed E-state index contributed by atoms with van der Waals surface area (Å²) in [5.74, 6) is -1.24. The van der Waals surface area contributed by atoms with Crippen LogP contribution in [0.25, 0.3) is 6.08 Å². The van der Waals surface area contributed by atoms with Gasteiger partial charge >= 0.3 is 5.97 Å². The predicted molar refractivity (Wildman–Crippen MR) is 70.1 cm³/mol. The zero-order chi connectivity index (χ0) is 14.5. The Morgan fingerprint density at radius 1 is 1.40 bits per heavy atom. The van der Waals surface area contributed by atoms with Gasteiger partial charge in [0.2, 0.25) is 5.88 Å². The number of hydrogen-bond acceptors (Lipinski definition) is 5. The van der Waals surface area contributed by atoms with Gasteiger partial charge in [-0.15, -0.1) is 0 Å². The van der Waals surface area contributed by atoms with Crippen LogP contribution in [0.4, 0.5) is 5.88 Å². The Labute approximate surface area is 113 Å². The van der Waals surface area contributed by atoms with Crippen LogP contribution < -0.4 is 5.32 Å². The molecular weight excluding hydrogens is 262 g/mol. The standard InChI is InChI=1S/C13H11N3O4/c1-8-6-11(20-16-8)15-13(19)10-4-2-9(7-14-10)3-5-12(17)18/h2-7H,1H3,(H,15,19)(H,17,18). The Bertz CT molecular complexity index is 659. The zero-order valence-electron chi connectivity index (χ0n) is 10.5. The normalized spacial score (nSPS) is 10.7. The van der Waals surface area contributed by atoms with E-state index in [9.17, 15) is 9.59 Å². The second kappa shape index (κ2) is 5.79. The van der Waals surface area contributed by atoms with Gasteiger partial charge in [0, 0.05) is 18.3 Å². The van der Waals surface area contributed by atoms with Gasteiger partial charge in [-0.25, -0.2) is 4.79 Å². The fraction of sp³-hybridized carbons (Fsp3) is 0.0769. The lowest BCUT2D eigenvalue weighted by molar-refractivity contribution is -0.131. The molecule has 0 spiro atoms. The minimum Gasteiger partial charge on any atom is -0.478 e. The number of carboxylic acids is 1. The molecule has 0 atom stereocenters. The van der Waals surface area contributed by atoms with Crippen LogP contribution in [0.3, 0.4) is 0 Å². The molecule has 0 aliphatic carbocycles. The molecule has 7 nitrogen and oxygen atoms in total. The summed E-state index contributed by atoms with van der Waals surface area (Å²) in [5.41, 5.74) is 1.42. The van der Waals surface area contributed by atoms with Gasteiger partial charge in [0.15, 0.2) is 0 Å². The third-order valence-corrected chi connectivity index (χ3v) is 2.30. The summed E-state index contributed by atoms with van der Waals surface area (Å²) in [6, 6.07) is 4.66. The Morgan fingerprint density at radius 3 is 2.75 bits per heavy atom. The molecule has 2 aromatic heterocycles. The second-order valence-corrected chi connectivity index (χ2v) is 3.94. The summed E-state index contributed by atoms with van der Waals surface area (Å²) in [4.78, 5) is 26.1. The fourth-order valence-corrected chi connectivity index (χ4v) is 1.40. The van der Waals surface area contributed by atoms with E-state index in [1.807, 2.05) is 0 Å². The molecule has 0 aliphatic heterocycles. The van der Waals surface area contributed by atoms with E-state index in [1.54, 1.807) is 19.1 Å². The molecule has 0 unspecified atom stereocenters. The summed E-state index contributed by atoms with van der Waals surface area (Å²) >= 11 is 0. The number of carbonyl (C=O) groups excluding carboxylic acids is 1. The Morgan fingerprint density at radius 2 is 2.20 bits per heavy atom. The number of anilines is 1. The van der Waals surface area contributed by atoms with Crippen LogP contribution in [0.15, 0.2) is 35.0 Å². The van der Waals surface area contributed by atoms with Crippen molar-refractivity contribution in [3.8, 4) is 0 Å². The third kappa shape index (κ3) is 3.52. The lowest BCUT2D eigenvalue weighted by Gasteiger charge is -2.00. The van der Waals surface area contributed by atoms with Crippen LogP contribution in [-0.2, 0) is 4.79 Å². The molecule has 2 N–H and O–H groups in total. The number of aryl methyl sites for hydroxylation is 1. The molecule has 102 valence electrons. The smallest absolute Gasteiger partial charge is 0.328 e. The topological polar surface area (TPSA) is 105 Å². The van der Waals surface area contributed by atoms with Gasteiger partial charge in [0.25, 0.3) is 5.91 Å². The maximum atomic E-state index is 11.8. The fourth-order valence-electron chi connectivity index (χ4n) is 1.40. The average molecular weight is 273 g/mol. The molecule has 2 heterocycles. The molecule has 0 fully saturated rings. The first-order chi connectivity index (χ1) is 9.54. The van der Waals surface area contributed by atoms with Crippen molar-refractivity contribution < 1.29 is 19.2 Å². The van der Waals surface area contributed by atoms with Gasteiger partial charge in [-0.1, -0.05) is 11.2 Å². The van der Waals surface area contributed by atoms with Crippen molar-refractivity contribution in [2.75, 3.05) is 5.32 Å². The maximum absolute atomic E-state index is 11.8. The summed E-state index contributed by atoms with van der Waals surface area (Å²) in [5, 5.41) is 14.6. The number of nitrogens with zero attached hydrogens (tertiary/aromatic N) is 2. The molecule has 0 saturated carbocycles. The number of rotatable bonds is 4. The van der Waals surface area contributed by atoms with Crippen molar-refractivity contribution in [3.63, 3.8) is 0 Å². The molecule has 0 bridgehead atoms. The zero-order valence-corrected chi connectivity index (χ0v) is 10.5. The van der Waals surface area contributed by atoms with Gasteiger partial charge in [0.1, 0.15) is 5.69 Å².